The number of hydrogen-bond donors (Lipinski definition) is 5. The number of ether oxygens (including phenoxy) is 2. The number of amides is 2. The smallest absolute Gasteiger partial charge is 0.853 e. The molecule has 0 aliphatic carbocycles. The molecular formula is C19H28N7O6Rb. The Kier molecular flexibility index (Phi) is 10.5. The van der Waals surface area contributed by atoms with Crippen molar-refractivity contribution in [3.63, 3.8) is 0 Å². The molecule has 1 aliphatic heterocycles. The third-order valence-corrected chi connectivity index (χ3v) is 5.81. The molecule has 1 aliphatic rings. The first-order valence-corrected chi connectivity index (χ1v) is 10.2. The molecule has 176 valence electrons. The first-order chi connectivity index (χ1) is 15.3. The van der Waals surface area contributed by atoms with E-state index in [0.717, 1.165) is 0 Å². The van der Waals surface area contributed by atoms with Gasteiger partial charge in [0.2, 0.25) is 5.91 Å². The number of anilines is 1. The Labute approximate surface area is 239 Å². The van der Waals surface area contributed by atoms with Crippen LogP contribution in [0.4, 0.5) is 5.82 Å². The van der Waals surface area contributed by atoms with E-state index < -0.39 is 49.0 Å². The molecule has 2 aromatic heterocycles. The van der Waals surface area contributed by atoms with Crippen molar-refractivity contribution < 1.29 is 87.5 Å². The van der Waals surface area contributed by atoms with Crippen LogP contribution in [0.1, 0.15) is 36.9 Å². The van der Waals surface area contributed by atoms with Crippen LogP contribution >= 0.6 is 0 Å². The number of nitrogens with zero attached hydrogens (tertiary/aromatic N) is 3. The van der Waals surface area contributed by atoms with Gasteiger partial charge in [0, 0.05) is 13.3 Å². The SMILES string of the molecule is CCC(C)C(NN)C(=O)Nc1ncnc2c1c(C(N)=O)cn2C1OC(C[O-])C(O)C1OC.[Rb+]. The van der Waals surface area contributed by atoms with Crippen molar-refractivity contribution in [2.75, 3.05) is 19.0 Å². The summed E-state index contributed by atoms with van der Waals surface area (Å²) in [5.41, 5.74) is 8.29. The summed E-state index contributed by atoms with van der Waals surface area (Å²) in [7, 11) is 1.37. The number of rotatable bonds is 9. The monoisotopic (exact) mass is 535 g/mol. The van der Waals surface area contributed by atoms with Gasteiger partial charge in [-0.2, -0.15) is 0 Å². The molecule has 3 heterocycles. The van der Waals surface area contributed by atoms with Gasteiger partial charge in [0.25, 0.3) is 5.91 Å². The van der Waals surface area contributed by atoms with E-state index in [1.54, 1.807) is 0 Å². The van der Waals surface area contributed by atoms with Gasteiger partial charge in [-0.05, 0) is 5.92 Å². The van der Waals surface area contributed by atoms with Crippen molar-refractivity contribution in [3.8, 4) is 0 Å². The summed E-state index contributed by atoms with van der Waals surface area (Å²) in [5.74, 6) is 4.30. The maximum absolute atomic E-state index is 12.8. The predicted octanol–water partition coefficient (Wildman–Crippen LogP) is -5.02. The van der Waals surface area contributed by atoms with Crippen molar-refractivity contribution in [1.82, 2.24) is 20.0 Å². The van der Waals surface area contributed by atoms with Gasteiger partial charge in [0.05, 0.1) is 17.1 Å². The average Bonchev–Trinajstić information content (AvgIpc) is 3.32. The standard InChI is InChI=1S/C19H28N7O6.Rb/c1-4-8(2)12(25-21)18(30)24-16-11-9(15(20)29)5-26(17(11)23-7-22-16)19-14(31-3)13(28)10(6-27)32-19;/h5,7-8,10,12-14,19,25,28H,4,6,21H2,1-3H3,(H2,20,29)(H,22,23,24,30);/q-1;+1. The molecule has 6 atom stereocenters. The van der Waals surface area contributed by atoms with Gasteiger partial charge in [0.15, 0.2) is 6.23 Å². The molecule has 7 N–H and O–H groups in total. The summed E-state index contributed by atoms with van der Waals surface area (Å²) in [6.07, 6.45) is -0.758. The largest absolute Gasteiger partial charge is 1.00 e. The van der Waals surface area contributed by atoms with Crippen LogP contribution in [0.2, 0.25) is 0 Å². The maximum Gasteiger partial charge on any atom is 1.00 e. The summed E-state index contributed by atoms with van der Waals surface area (Å²) >= 11 is 0. The topological polar surface area (TPSA) is 203 Å². The van der Waals surface area contributed by atoms with E-state index in [1.807, 2.05) is 13.8 Å². The molecule has 2 aromatic rings. The number of aliphatic hydroxyl groups is 1. The van der Waals surface area contributed by atoms with Gasteiger partial charge in [-0.15, -0.1) is 6.61 Å². The number of hydrogen-bond acceptors (Lipinski definition) is 10. The minimum absolute atomic E-state index is 0. The van der Waals surface area contributed by atoms with E-state index in [0.29, 0.717) is 6.42 Å². The van der Waals surface area contributed by atoms with Gasteiger partial charge >= 0.3 is 58.2 Å². The molecule has 0 saturated carbocycles. The minimum Gasteiger partial charge on any atom is -0.853 e. The summed E-state index contributed by atoms with van der Waals surface area (Å²) in [5, 5.41) is 24.6. The molecule has 1 fully saturated rings. The Bertz CT molecular complexity index is 989. The van der Waals surface area contributed by atoms with Gasteiger partial charge in [-0.3, -0.25) is 15.4 Å². The van der Waals surface area contributed by atoms with Crippen LogP contribution in [-0.4, -0.2) is 69.5 Å². The summed E-state index contributed by atoms with van der Waals surface area (Å²) < 4.78 is 12.5. The van der Waals surface area contributed by atoms with Crippen LogP contribution in [0.25, 0.3) is 11.0 Å². The first-order valence-electron chi connectivity index (χ1n) is 10.2. The number of fused-ring (bicyclic) bond motifs is 1. The third kappa shape index (κ3) is 5.53. The molecule has 1 saturated heterocycles. The molecule has 13 nitrogen and oxygen atoms in total. The van der Waals surface area contributed by atoms with Crippen molar-refractivity contribution in [2.45, 2.75) is 50.8 Å². The second kappa shape index (κ2) is 12.2. The van der Waals surface area contributed by atoms with E-state index in [1.165, 1.54) is 24.2 Å². The zero-order valence-electron chi connectivity index (χ0n) is 19.0. The van der Waals surface area contributed by atoms with E-state index in [9.17, 15) is 19.8 Å². The molecule has 0 aromatic carbocycles. The Hall–Kier alpha value is -0.875. The molecule has 2 amide bonds. The van der Waals surface area contributed by atoms with E-state index in [2.05, 4.69) is 20.7 Å². The zero-order valence-corrected chi connectivity index (χ0v) is 23.9. The molecule has 0 bridgehead atoms. The number of hydrazine groups is 1. The number of nitrogens with one attached hydrogen (secondary N) is 2. The van der Waals surface area contributed by atoms with Crippen LogP contribution in [0.3, 0.4) is 0 Å². The summed E-state index contributed by atoms with van der Waals surface area (Å²) in [6.45, 7) is 3.11. The third-order valence-electron chi connectivity index (χ3n) is 5.81. The predicted molar refractivity (Wildman–Crippen MR) is 111 cm³/mol. The molecule has 6 unspecified atom stereocenters. The quantitative estimate of drug-likeness (QED) is 0.153. The van der Waals surface area contributed by atoms with Gasteiger partial charge < -0.3 is 35.3 Å². The fraction of sp³-hybridized carbons (Fsp3) is 0.579. The summed E-state index contributed by atoms with van der Waals surface area (Å²) in [6, 6.07) is -0.701. The fourth-order valence-electron chi connectivity index (χ4n) is 3.82. The molecule has 0 radical (unpaired) electrons. The fourth-order valence-corrected chi connectivity index (χ4v) is 3.82. The molecular weight excluding hydrogens is 508 g/mol. The van der Waals surface area contributed by atoms with E-state index in [4.69, 9.17) is 21.1 Å². The number of carbonyl (C=O) groups is 2. The number of carbonyl (C=O) groups excluding carboxylic acids is 2. The number of aliphatic hydroxyl groups excluding tert-OH is 1. The maximum atomic E-state index is 12.8. The minimum atomic E-state index is -1.18. The van der Waals surface area contributed by atoms with Crippen LogP contribution in [0, 0.1) is 5.92 Å². The van der Waals surface area contributed by atoms with Crippen molar-refractivity contribution in [1.29, 1.82) is 0 Å². The average molecular weight is 536 g/mol. The Morgan fingerprint density at radius 1 is 1.42 bits per heavy atom. The molecule has 33 heavy (non-hydrogen) atoms. The summed E-state index contributed by atoms with van der Waals surface area (Å²) in [4.78, 5) is 33.3. The second-order valence-corrected chi connectivity index (χ2v) is 7.68. The van der Waals surface area contributed by atoms with Gasteiger partial charge in [0.1, 0.15) is 36.0 Å². The normalized spacial score (nSPS) is 24.3. The van der Waals surface area contributed by atoms with Crippen molar-refractivity contribution in [3.05, 3.63) is 18.1 Å². The van der Waals surface area contributed by atoms with Crippen molar-refractivity contribution in [2.24, 2.45) is 17.5 Å². The van der Waals surface area contributed by atoms with Crippen LogP contribution in [-0.2, 0) is 14.3 Å². The number of aromatic nitrogens is 3. The second-order valence-electron chi connectivity index (χ2n) is 7.68. The van der Waals surface area contributed by atoms with Crippen LogP contribution in [0.15, 0.2) is 12.5 Å². The van der Waals surface area contributed by atoms with Gasteiger partial charge in [-0.25, -0.2) is 15.4 Å². The number of primary amides is 1. The zero-order chi connectivity index (χ0) is 23.6. The van der Waals surface area contributed by atoms with Crippen LogP contribution in [0.5, 0.6) is 0 Å². The first kappa shape index (κ1) is 28.4. The van der Waals surface area contributed by atoms with Crippen LogP contribution < -0.4 is 85.6 Å². The Morgan fingerprint density at radius 3 is 2.67 bits per heavy atom. The van der Waals surface area contributed by atoms with Gasteiger partial charge in [-0.1, -0.05) is 20.3 Å². The molecule has 0 spiro atoms. The number of nitrogens with two attached hydrogens (primary N) is 2. The molecule has 3 rings (SSSR count). The molecule has 14 heteroatoms. The van der Waals surface area contributed by atoms with Crippen molar-refractivity contribution >= 4 is 28.7 Å². The Balaban J connectivity index is 0.00000385. The number of methoxy groups -OCH3 is 1. The Morgan fingerprint density at radius 2 is 2.12 bits per heavy atom. The van der Waals surface area contributed by atoms with E-state index in [-0.39, 0.29) is 86.5 Å². The van der Waals surface area contributed by atoms with E-state index >= 15 is 0 Å².